The molecule has 0 fully saturated rings. The van der Waals surface area contributed by atoms with Gasteiger partial charge in [0.2, 0.25) is 5.82 Å². The number of hydrogen-bond donors (Lipinski definition) is 2. The van der Waals surface area contributed by atoms with E-state index < -0.39 is 5.91 Å². The van der Waals surface area contributed by atoms with Gasteiger partial charge in [-0.05, 0) is 36.6 Å². The van der Waals surface area contributed by atoms with Crippen molar-refractivity contribution < 1.29 is 9.59 Å². The van der Waals surface area contributed by atoms with E-state index >= 15 is 0 Å². The molecule has 0 saturated carbocycles. The van der Waals surface area contributed by atoms with Gasteiger partial charge in [-0.1, -0.05) is 32.0 Å². The number of rotatable bonds is 6. The van der Waals surface area contributed by atoms with E-state index in [1.54, 1.807) is 53.1 Å². The Kier molecular flexibility index (Phi) is 5.70. The Morgan fingerprint density at radius 1 is 1.14 bits per heavy atom. The fourth-order valence-corrected chi connectivity index (χ4v) is 2.79. The van der Waals surface area contributed by atoms with Crippen molar-refractivity contribution in [2.75, 3.05) is 11.9 Å². The van der Waals surface area contributed by atoms with Gasteiger partial charge in [0.1, 0.15) is 6.07 Å². The summed E-state index contributed by atoms with van der Waals surface area (Å²) in [6.45, 7) is 4.70. The first kappa shape index (κ1) is 19.1. The van der Waals surface area contributed by atoms with Gasteiger partial charge in [-0.2, -0.15) is 5.26 Å². The fraction of sp³-hybridized carbons (Fsp3) is 0.238. The van der Waals surface area contributed by atoms with Crippen LogP contribution in [0.2, 0.25) is 0 Å². The number of carbonyl (C=O) groups excluding carboxylic acids is 2. The highest BCUT2D eigenvalue weighted by Crippen LogP contribution is 2.18. The first-order chi connectivity index (χ1) is 13.5. The number of benzene rings is 1. The van der Waals surface area contributed by atoms with Gasteiger partial charge in [0.05, 0.1) is 16.8 Å². The summed E-state index contributed by atoms with van der Waals surface area (Å²) < 4.78 is 1.59. The van der Waals surface area contributed by atoms with Gasteiger partial charge in [-0.25, -0.2) is 4.98 Å². The van der Waals surface area contributed by atoms with Crippen LogP contribution in [0.25, 0.3) is 5.52 Å². The van der Waals surface area contributed by atoms with Gasteiger partial charge in [-0.15, -0.1) is 0 Å². The van der Waals surface area contributed by atoms with Gasteiger partial charge >= 0.3 is 0 Å². The summed E-state index contributed by atoms with van der Waals surface area (Å²) in [4.78, 5) is 29.7. The zero-order valence-electron chi connectivity index (χ0n) is 15.8. The molecule has 0 unspecified atom stereocenters. The third-order valence-electron chi connectivity index (χ3n) is 4.27. The number of pyridine rings is 1. The molecule has 0 aliphatic carbocycles. The third kappa shape index (κ3) is 4.01. The molecular weight excluding hydrogens is 354 g/mol. The van der Waals surface area contributed by atoms with Crippen LogP contribution >= 0.6 is 0 Å². The second-order valence-corrected chi connectivity index (χ2v) is 6.79. The first-order valence-corrected chi connectivity index (χ1v) is 9.07. The number of imidazole rings is 1. The molecule has 3 aromatic rings. The number of nitriles is 1. The van der Waals surface area contributed by atoms with Gasteiger partial charge < -0.3 is 10.6 Å². The largest absolute Gasteiger partial charge is 0.349 e. The van der Waals surface area contributed by atoms with Crippen LogP contribution in [-0.4, -0.2) is 27.7 Å². The average molecular weight is 375 g/mol. The number of para-hydroxylation sites is 1. The molecule has 2 heterocycles. The monoisotopic (exact) mass is 375 g/mol. The number of hydrogen-bond acceptors (Lipinski definition) is 4. The van der Waals surface area contributed by atoms with E-state index in [2.05, 4.69) is 29.5 Å². The second kappa shape index (κ2) is 8.35. The molecule has 7 nitrogen and oxygen atoms in total. The Balaban J connectivity index is 1.90. The van der Waals surface area contributed by atoms with Gasteiger partial charge in [0, 0.05) is 12.7 Å². The normalized spacial score (nSPS) is 10.6. The predicted octanol–water partition coefficient (Wildman–Crippen LogP) is 3.23. The molecule has 0 radical (unpaired) electrons. The molecule has 1 aromatic carbocycles. The molecule has 28 heavy (non-hydrogen) atoms. The summed E-state index contributed by atoms with van der Waals surface area (Å²) in [5.74, 6) is -0.192. The Bertz CT molecular complexity index is 1060. The fourth-order valence-electron chi connectivity index (χ4n) is 2.79. The molecule has 2 amide bonds. The molecule has 0 aliphatic heterocycles. The number of anilines is 1. The molecular formula is C21H21N5O2. The molecule has 2 N–H and O–H groups in total. The Hall–Kier alpha value is -3.66. The predicted molar refractivity (Wildman–Crippen MR) is 106 cm³/mol. The van der Waals surface area contributed by atoms with E-state index in [1.165, 1.54) is 0 Å². The molecule has 7 heteroatoms. The Labute approximate surface area is 163 Å². The molecule has 0 aliphatic rings. The number of aromatic nitrogens is 2. The summed E-state index contributed by atoms with van der Waals surface area (Å²) in [6, 6.07) is 14.0. The highest BCUT2D eigenvalue weighted by Gasteiger charge is 2.22. The third-order valence-corrected chi connectivity index (χ3v) is 4.27. The van der Waals surface area contributed by atoms with Crippen LogP contribution in [0.5, 0.6) is 0 Å². The van der Waals surface area contributed by atoms with E-state index in [1.807, 2.05) is 6.07 Å². The maximum absolute atomic E-state index is 12.8. The highest BCUT2D eigenvalue weighted by atomic mass is 16.2. The first-order valence-electron chi connectivity index (χ1n) is 9.07. The standard InChI is InChI=1S/C21H21N5O2/c1-14(2)10-11-23-21(28)19-25-18(17-9-5-6-12-26(17)19)20(27)24-16-8-4-3-7-15(16)13-22/h3-9,12,14H,10-11H2,1-2H3,(H,23,28)(H,24,27). The topological polar surface area (TPSA) is 99.3 Å². The van der Waals surface area contributed by atoms with Crippen LogP contribution < -0.4 is 10.6 Å². The van der Waals surface area contributed by atoms with E-state index in [0.717, 1.165) is 6.42 Å². The zero-order valence-corrected chi connectivity index (χ0v) is 15.8. The highest BCUT2D eigenvalue weighted by molar-refractivity contribution is 6.09. The van der Waals surface area contributed by atoms with Gasteiger partial charge in [-0.3, -0.25) is 14.0 Å². The summed E-state index contributed by atoms with van der Waals surface area (Å²) >= 11 is 0. The second-order valence-electron chi connectivity index (χ2n) is 6.79. The zero-order chi connectivity index (χ0) is 20.1. The Morgan fingerprint density at radius 3 is 2.64 bits per heavy atom. The average Bonchev–Trinajstić information content (AvgIpc) is 3.08. The van der Waals surface area contributed by atoms with E-state index in [0.29, 0.717) is 29.2 Å². The van der Waals surface area contributed by atoms with Crippen molar-refractivity contribution in [2.45, 2.75) is 20.3 Å². The summed E-state index contributed by atoms with van der Waals surface area (Å²) in [7, 11) is 0. The minimum atomic E-state index is -0.479. The van der Waals surface area contributed by atoms with E-state index in [9.17, 15) is 14.9 Å². The van der Waals surface area contributed by atoms with E-state index in [-0.39, 0.29) is 17.4 Å². The van der Waals surface area contributed by atoms with Crippen molar-refractivity contribution in [2.24, 2.45) is 5.92 Å². The number of nitrogens with one attached hydrogen (secondary N) is 2. The molecule has 2 aromatic heterocycles. The minimum absolute atomic E-state index is 0.127. The Morgan fingerprint density at radius 2 is 1.89 bits per heavy atom. The summed E-state index contributed by atoms with van der Waals surface area (Å²) in [5, 5.41) is 14.8. The number of amides is 2. The lowest BCUT2D eigenvalue weighted by molar-refractivity contribution is 0.0941. The van der Waals surface area contributed by atoms with Crippen molar-refractivity contribution >= 4 is 23.0 Å². The lowest BCUT2D eigenvalue weighted by Gasteiger charge is -2.06. The minimum Gasteiger partial charge on any atom is -0.349 e. The van der Waals surface area contributed by atoms with Crippen molar-refractivity contribution in [3.05, 3.63) is 65.7 Å². The van der Waals surface area contributed by atoms with Crippen molar-refractivity contribution in [3.63, 3.8) is 0 Å². The maximum Gasteiger partial charge on any atom is 0.287 e. The van der Waals surface area contributed by atoms with Gasteiger partial charge in [0.15, 0.2) is 5.69 Å². The van der Waals surface area contributed by atoms with Crippen molar-refractivity contribution in [1.29, 1.82) is 5.26 Å². The quantitative estimate of drug-likeness (QED) is 0.691. The summed E-state index contributed by atoms with van der Waals surface area (Å²) in [6.07, 6.45) is 2.55. The van der Waals surface area contributed by atoms with Crippen LogP contribution in [0, 0.1) is 17.2 Å². The SMILES string of the molecule is CC(C)CCNC(=O)c1nc(C(=O)Nc2ccccc2C#N)c2ccccn12. The van der Waals surface area contributed by atoms with Crippen LogP contribution in [0.4, 0.5) is 5.69 Å². The van der Waals surface area contributed by atoms with Crippen LogP contribution in [0.15, 0.2) is 48.7 Å². The van der Waals surface area contributed by atoms with Gasteiger partial charge in [0.25, 0.3) is 11.8 Å². The lowest BCUT2D eigenvalue weighted by atomic mass is 10.1. The van der Waals surface area contributed by atoms with Crippen molar-refractivity contribution in [3.8, 4) is 6.07 Å². The van der Waals surface area contributed by atoms with Crippen LogP contribution in [-0.2, 0) is 0 Å². The molecule has 0 bridgehead atoms. The van der Waals surface area contributed by atoms with E-state index in [4.69, 9.17) is 0 Å². The van der Waals surface area contributed by atoms with Crippen LogP contribution in [0.3, 0.4) is 0 Å². The van der Waals surface area contributed by atoms with Crippen LogP contribution in [0.1, 0.15) is 46.9 Å². The number of fused-ring (bicyclic) bond motifs is 1. The number of nitrogens with zero attached hydrogens (tertiary/aromatic N) is 3. The molecule has 3 rings (SSSR count). The van der Waals surface area contributed by atoms with Crippen molar-refractivity contribution in [1.82, 2.24) is 14.7 Å². The molecule has 0 spiro atoms. The summed E-state index contributed by atoms with van der Waals surface area (Å²) in [5.41, 5.74) is 1.40. The lowest BCUT2D eigenvalue weighted by Crippen LogP contribution is -2.27. The number of carbonyl (C=O) groups is 2. The molecule has 0 atom stereocenters. The maximum atomic E-state index is 12.8. The smallest absolute Gasteiger partial charge is 0.287 e. The molecule has 142 valence electrons. The molecule has 0 saturated heterocycles.